The number of hydrogen-bond donors (Lipinski definition) is 0. The van der Waals surface area contributed by atoms with E-state index in [1.807, 2.05) is 0 Å². The first-order valence-electron chi connectivity index (χ1n) is 8.55. The molecule has 0 aromatic carbocycles. The lowest BCUT2D eigenvalue weighted by Crippen LogP contribution is -2.40. The molecule has 1 aromatic heterocycles. The van der Waals surface area contributed by atoms with Crippen LogP contribution >= 0.6 is 0 Å². The molecule has 1 aromatic rings. The smallest absolute Gasteiger partial charge is 0.326 e. The summed E-state index contributed by atoms with van der Waals surface area (Å²) in [6.07, 6.45) is 0.655. The summed E-state index contributed by atoms with van der Waals surface area (Å²) in [5, 5.41) is 8.48. The molecule has 1 atom stereocenters. The second-order valence-corrected chi connectivity index (χ2v) is 6.92. The van der Waals surface area contributed by atoms with Crippen molar-refractivity contribution >= 4 is 17.8 Å². The molecular weight excluding hydrogens is 324 g/mol. The molecule has 3 rings (SSSR count). The van der Waals surface area contributed by atoms with Crippen molar-refractivity contribution in [3.05, 3.63) is 11.6 Å². The molecular formula is C16H24N6O3. The van der Waals surface area contributed by atoms with Gasteiger partial charge in [0.1, 0.15) is 17.7 Å². The van der Waals surface area contributed by atoms with Gasteiger partial charge >= 0.3 is 6.03 Å². The number of rotatable bonds is 3. The van der Waals surface area contributed by atoms with E-state index in [1.165, 1.54) is 11.9 Å². The number of fused-ring (bicyclic) bond motifs is 1. The van der Waals surface area contributed by atoms with Crippen LogP contribution in [0.4, 0.5) is 4.79 Å². The number of aromatic nitrogens is 3. The zero-order valence-corrected chi connectivity index (χ0v) is 15.1. The molecule has 1 saturated heterocycles. The maximum atomic E-state index is 12.7. The third kappa shape index (κ3) is 2.98. The monoisotopic (exact) mass is 348 g/mol. The minimum Gasteiger partial charge on any atom is -0.340 e. The summed E-state index contributed by atoms with van der Waals surface area (Å²) in [6, 6.07) is -1.08. The molecule has 25 heavy (non-hydrogen) atoms. The van der Waals surface area contributed by atoms with Crippen molar-refractivity contribution in [1.29, 1.82) is 0 Å². The maximum Gasteiger partial charge on any atom is 0.326 e. The number of nitrogens with zero attached hydrogens (tertiary/aromatic N) is 6. The largest absolute Gasteiger partial charge is 0.340 e. The van der Waals surface area contributed by atoms with Crippen LogP contribution in [-0.4, -0.2) is 80.5 Å². The summed E-state index contributed by atoms with van der Waals surface area (Å²) >= 11 is 0. The first-order valence-corrected chi connectivity index (χ1v) is 8.55. The van der Waals surface area contributed by atoms with Crippen LogP contribution in [0, 0.1) is 0 Å². The highest BCUT2D eigenvalue weighted by molar-refractivity contribution is 6.05. The van der Waals surface area contributed by atoms with E-state index in [9.17, 15) is 14.4 Å². The van der Waals surface area contributed by atoms with Gasteiger partial charge in [0.25, 0.3) is 5.91 Å². The Morgan fingerprint density at radius 2 is 1.88 bits per heavy atom. The number of urea groups is 1. The Balaban J connectivity index is 1.67. The van der Waals surface area contributed by atoms with Crippen molar-refractivity contribution in [2.45, 2.75) is 45.2 Å². The molecule has 2 aliphatic rings. The molecule has 2 aliphatic heterocycles. The van der Waals surface area contributed by atoms with E-state index in [-0.39, 0.29) is 30.2 Å². The van der Waals surface area contributed by atoms with Gasteiger partial charge in [-0.05, 0) is 0 Å². The molecule has 3 heterocycles. The van der Waals surface area contributed by atoms with Crippen molar-refractivity contribution in [2.24, 2.45) is 0 Å². The number of likely N-dealkylation sites (N-methyl/N-ethyl adjacent to an activating group) is 2. The normalized spacial score (nSPS) is 21.2. The van der Waals surface area contributed by atoms with Gasteiger partial charge in [-0.25, -0.2) is 4.79 Å². The third-order valence-corrected chi connectivity index (χ3v) is 4.96. The zero-order valence-electron chi connectivity index (χ0n) is 15.1. The first-order chi connectivity index (χ1) is 11.8. The Morgan fingerprint density at radius 3 is 2.48 bits per heavy atom. The predicted octanol–water partition coefficient (Wildman–Crippen LogP) is 0.0687. The van der Waals surface area contributed by atoms with Crippen molar-refractivity contribution in [3.8, 4) is 0 Å². The highest BCUT2D eigenvalue weighted by Crippen LogP contribution is 2.20. The molecule has 0 radical (unpaired) electrons. The molecule has 9 nitrogen and oxygen atoms in total. The lowest BCUT2D eigenvalue weighted by Gasteiger charge is -2.23. The molecule has 0 saturated carbocycles. The van der Waals surface area contributed by atoms with Gasteiger partial charge in [-0.3, -0.25) is 14.5 Å². The van der Waals surface area contributed by atoms with E-state index in [0.717, 1.165) is 16.5 Å². The molecule has 4 amide bonds. The molecule has 0 bridgehead atoms. The van der Waals surface area contributed by atoms with Gasteiger partial charge in [-0.2, -0.15) is 0 Å². The van der Waals surface area contributed by atoms with E-state index in [4.69, 9.17) is 0 Å². The number of carbonyl (C=O) groups is 3. The summed E-state index contributed by atoms with van der Waals surface area (Å²) in [6.45, 7) is 5.89. The van der Waals surface area contributed by atoms with E-state index in [1.54, 1.807) is 11.9 Å². The zero-order chi connectivity index (χ0) is 18.3. The van der Waals surface area contributed by atoms with Gasteiger partial charge in [0.05, 0.1) is 6.42 Å². The average Bonchev–Trinajstić information content (AvgIpc) is 2.96. The van der Waals surface area contributed by atoms with Crippen LogP contribution in [0.1, 0.15) is 37.8 Å². The van der Waals surface area contributed by atoms with Crippen molar-refractivity contribution in [3.63, 3.8) is 0 Å². The van der Waals surface area contributed by atoms with Crippen LogP contribution in [0.25, 0.3) is 0 Å². The van der Waals surface area contributed by atoms with Crippen LogP contribution in [0.3, 0.4) is 0 Å². The Labute approximate surface area is 146 Å². The summed E-state index contributed by atoms with van der Waals surface area (Å²) in [4.78, 5) is 40.8. The van der Waals surface area contributed by atoms with E-state index < -0.39 is 6.04 Å². The Hall–Kier alpha value is -2.45. The van der Waals surface area contributed by atoms with Gasteiger partial charge < -0.3 is 14.4 Å². The van der Waals surface area contributed by atoms with Gasteiger partial charge in [0, 0.05) is 46.1 Å². The average molecular weight is 348 g/mol. The molecule has 0 spiro atoms. The van der Waals surface area contributed by atoms with Crippen LogP contribution in [-0.2, 0) is 22.6 Å². The topological polar surface area (TPSA) is 91.6 Å². The highest BCUT2D eigenvalue weighted by Gasteiger charge is 2.42. The quantitative estimate of drug-likeness (QED) is 0.721. The Morgan fingerprint density at radius 1 is 1.16 bits per heavy atom. The highest BCUT2D eigenvalue weighted by atomic mass is 16.2. The van der Waals surface area contributed by atoms with Crippen LogP contribution < -0.4 is 0 Å². The van der Waals surface area contributed by atoms with Gasteiger partial charge in [0.15, 0.2) is 0 Å². The Bertz CT molecular complexity index is 713. The summed E-state index contributed by atoms with van der Waals surface area (Å²) in [5.41, 5.74) is 0. The van der Waals surface area contributed by atoms with Gasteiger partial charge in [0.2, 0.25) is 5.91 Å². The second kappa shape index (κ2) is 6.45. The second-order valence-electron chi connectivity index (χ2n) is 6.92. The number of hydrogen-bond acceptors (Lipinski definition) is 5. The number of carbonyl (C=O) groups excluding carboxylic acids is 3. The van der Waals surface area contributed by atoms with Gasteiger partial charge in [-0.15, -0.1) is 10.2 Å². The minimum absolute atomic E-state index is 0.0169. The lowest BCUT2D eigenvalue weighted by atomic mass is 10.1. The summed E-state index contributed by atoms with van der Waals surface area (Å²) in [7, 11) is 3.00. The number of imide groups is 1. The predicted molar refractivity (Wildman–Crippen MR) is 88.7 cm³/mol. The van der Waals surface area contributed by atoms with Crippen molar-refractivity contribution in [1.82, 2.24) is 29.5 Å². The fraction of sp³-hybridized carbons (Fsp3) is 0.688. The molecule has 9 heteroatoms. The molecule has 0 N–H and O–H groups in total. The molecule has 1 fully saturated rings. The minimum atomic E-state index is -0.710. The van der Waals surface area contributed by atoms with Crippen molar-refractivity contribution < 1.29 is 14.4 Å². The fourth-order valence-electron chi connectivity index (χ4n) is 3.39. The summed E-state index contributed by atoms with van der Waals surface area (Å²) in [5.74, 6) is 1.66. The standard InChI is InChI=1S/C16H24N6O3/c1-10(2)14-18-17-12-5-6-21(7-8-22(12)14)13(23)9-11-15(24)20(4)16(25)19(11)3/h10-11H,5-9H2,1-4H3/t11-/m1/s1. The fourth-order valence-corrected chi connectivity index (χ4v) is 3.39. The maximum absolute atomic E-state index is 12.7. The van der Waals surface area contributed by atoms with Crippen molar-refractivity contribution in [2.75, 3.05) is 27.2 Å². The number of amides is 4. The molecule has 0 aliphatic carbocycles. The van der Waals surface area contributed by atoms with E-state index >= 15 is 0 Å². The molecule has 136 valence electrons. The van der Waals surface area contributed by atoms with Crippen LogP contribution in [0.5, 0.6) is 0 Å². The third-order valence-electron chi connectivity index (χ3n) is 4.96. The lowest BCUT2D eigenvalue weighted by molar-refractivity contribution is -0.136. The summed E-state index contributed by atoms with van der Waals surface area (Å²) < 4.78 is 2.09. The van der Waals surface area contributed by atoms with E-state index in [2.05, 4.69) is 28.6 Å². The first kappa shape index (κ1) is 17.4. The van der Waals surface area contributed by atoms with Crippen LogP contribution in [0.2, 0.25) is 0 Å². The SMILES string of the molecule is CC(C)c1nnc2n1CCN(C(=O)C[C@@H]1C(=O)N(C)C(=O)N1C)CC2. The van der Waals surface area contributed by atoms with E-state index in [0.29, 0.717) is 26.1 Å². The van der Waals surface area contributed by atoms with Gasteiger partial charge in [-0.1, -0.05) is 13.8 Å². The molecule has 0 unspecified atom stereocenters. The Kier molecular flexibility index (Phi) is 4.49. The van der Waals surface area contributed by atoms with Crippen LogP contribution in [0.15, 0.2) is 0 Å².